The smallest absolute Gasteiger partial charge is 0.234 e. The fraction of sp³-hybridized carbons (Fsp3) is 0.571. The van der Waals surface area contributed by atoms with E-state index < -0.39 is 20.0 Å². The lowest BCUT2D eigenvalue weighted by Crippen LogP contribution is -2.36. The summed E-state index contributed by atoms with van der Waals surface area (Å²) in [6, 6.07) is 5.11. The summed E-state index contributed by atoms with van der Waals surface area (Å²) in [5.74, 6) is 0.0687. The molecule has 0 aromatic heterocycles. The van der Waals surface area contributed by atoms with Crippen LogP contribution in [-0.4, -0.2) is 34.9 Å². The molecule has 0 atom stereocenters. The van der Waals surface area contributed by atoms with E-state index in [1.165, 1.54) is 4.31 Å². The van der Waals surface area contributed by atoms with Crippen LogP contribution in [0.25, 0.3) is 0 Å². The highest BCUT2D eigenvalue weighted by molar-refractivity contribution is 7.93. The molecule has 0 saturated carbocycles. The number of nitrogens with zero attached hydrogens (tertiary/aromatic N) is 1. The number of anilines is 2. The van der Waals surface area contributed by atoms with Gasteiger partial charge in [-0.3, -0.25) is 9.03 Å². The van der Waals surface area contributed by atoms with Gasteiger partial charge in [0.25, 0.3) is 0 Å². The standard InChI is InChI=1S/C14H22N2O4S2/c1-3-10-21(17,18)15-13-8-7-12-6-5-9-16(14(12)11-13)22(19,20)4-2/h7-8,11,15H,3-6,9-10H2,1-2H3. The largest absolute Gasteiger partial charge is 0.283 e. The minimum Gasteiger partial charge on any atom is -0.283 e. The van der Waals surface area contributed by atoms with Gasteiger partial charge in [0, 0.05) is 6.54 Å². The lowest BCUT2D eigenvalue weighted by molar-refractivity contribution is 0.587. The van der Waals surface area contributed by atoms with E-state index in [2.05, 4.69) is 4.72 Å². The summed E-state index contributed by atoms with van der Waals surface area (Å²) in [7, 11) is -6.74. The Morgan fingerprint density at radius 2 is 1.91 bits per heavy atom. The second-order valence-electron chi connectivity index (χ2n) is 5.34. The van der Waals surface area contributed by atoms with Crippen molar-refractivity contribution in [3.05, 3.63) is 23.8 Å². The molecule has 0 radical (unpaired) electrons. The van der Waals surface area contributed by atoms with Crippen molar-refractivity contribution in [3.63, 3.8) is 0 Å². The van der Waals surface area contributed by atoms with Crippen LogP contribution in [0.2, 0.25) is 0 Å². The van der Waals surface area contributed by atoms with Crippen LogP contribution in [0.15, 0.2) is 18.2 Å². The number of aryl methyl sites for hydroxylation is 1. The van der Waals surface area contributed by atoms with E-state index in [-0.39, 0.29) is 11.5 Å². The van der Waals surface area contributed by atoms with Crippen LogP contribution in [0.5, 0.6) is 0 Å². The van der Waals surface area contributed by atoms with Gasteiger partial charge in [-0.2, -0.15) is 0 Å². The summed E-state index contributed by atoms with van der Waals surface area (Å²) < 4.78 is 52.0. The molecule has 22 heavy (non-hydrogen) atoms. The average molecular weight is 346 g/mol. The molecule has 1 aromatic carbocycles. The molecule has 8 heteroatoms. The Bertz CT molecular complexity index is 742. The SMILES string of the molecule is CCCS(=O)(=O)Nc1ccc2c(c1)N(S(=O)(=O)CC)CCC2. The Labute approximate surface area is 132 Å². The zero-order valence-electron chi connectivity index (χ0n) is 12.9. The van der Waals surface area contributed by atoms with Crippen molar-refractivity contribution in [2.75, 3.05) is 27.1 Å². The van der Waals surface area contributed by atoms with Crippen molar-refractivity contribution in [2.24, 2.45) is 0 Å². The van der Waals surface area contributed by atoms with Gasteiger partial charge in [-0.15, -0.1) is 0 Å². The normalized spacial score (nSPS) is 15.5. The molecule has 1 aliphatic heterocycles. The summed E-state index contributed by atoms with van der Waals surface area (Å²) in [6.07, 6.45) is 2.09. The third kappa shape index (κ3) is 3.73. The molecule has 0 unspecified atom stereocenters. The Hall–Kier alpha value is -1.28. The summed E-state index contributed by atoms with van der Waals surface area (Å²) in [5, 5.41) is 0. The highest BCUT2D eigenvalue weighted by Crippen LogP contribution is 2.32. The van der Waals surface area contributed by atoms with Gasteiger partial charge >= 0.3 is 0 Å². The molecule has 0 fully saturated rings. The molecule has 6 nitrogen and oxygen atoms in total. The fourth-order valence-corrected chi connectivity index (χ4v) is 4.86. The van der Waals surface area contributed by atoms with E-state index in [4.69, 9.17) is 0 Å². The predicted octanol–water partition coefficient (Wildman–Crippen LogP) is 1.94. The third-order valence-electron chi connectivity index (χ3n) is 3.61. The first-order chi connectivity index (χ1) is 10.3. The van der Waals surface area contributed by atoms with Crippen LogP contribution in [0.4, 0.5) is 11.4 Å². The van der Waals surface area contributed by atoms with Gasteiger partial charge in [-0.25, -0.2) is 16.8 Å². The van der Waals surface area contributed by atoms with Crippen molar-refractivity contribution in [1.82, 2.24) is 0 Å². The minimum atomic E-state index is -3.39. The maximum absolute atomic E-state index is 12.2. The molecule has 1 aromatic rings. The van der Waals surface area contributed by atoms with Crippen molar-refractivity contribution >= 4 is 31.4 Å². The first kappa shape index (κ1) is 17.1. The van der Waals surface area contributed by atoms with Gasteiger partial charge in [0.1, 0.15) is 0 Å². The molecule has 124 valence electrons. The van der Waals surface area contributed by atoms with E-state index in [0.29, 0.717) is 24.3 Å². The highest BCUT2D eigenvalue weighted by atomic mass is 32.2. The van der Waals surface area contributed by atoms with Crippen LogP contribution in [0, 0.1) is 0 Å². The topological polar surface area (TPSA) is 83.6 Å². The molecular weight excluding hydrogens is 324 g/mol. The Morgan fingerprint density at radius 3 is 2.55 bits per heavy atom. The van der Waals surface area contributed by atoms with Gasteiger partial charge in [0.15, 0.2) is 0 Å². The fourth-order valence-electron chi connectivity index (χ4n) is 2.55. The molecule has 1 N–H and O–H groups in total. The van der Waals surface area contributed by atoms with Gasteiger partial charge in [-0.1, -0.05) is 13.0 Å². The minimum absolute atomic E-state index is 0.0260. The number of benzene rings is 1. The molecular formula is C14H22N2O4S2. The third-order valence-corrected chi connectivity index (χ3v) is 6.88. The molecule has 0 saturated heterocycles. The van der Waals surface area contributed by atoms with Crippen LogP contribution in [0.3, 0.4) is 0 Å². The lowest BCUT2D eigenvalue weighted by atomic mass is 10.0. The second-order valence-corrected chi connectivity index (χ2v) is 9.36. The number of fused-ring (bicyclic) bond motifs is 1. The van der Waals surface area contributed by atoms with Gasteiger partial charge in [0.05, 0.1) is 22.9 Å². The number of hydrogen-bond acceptors (Lipinski definition) is 4. The van der Waals surface area contributed by atoms with Crippen molar-refractivity contribution in [1.29, 1.82) is 0 Å². The molecule has 2 rings (SSSR count). The monoisotopic (exact) mass is 346 g/mol. The van der Waals surface area contributed by atoms with E-state index in [1.807, 2.05) is 0 Å². The van der Waals surface area contributed by atoms with E-state index in [1.54, 1.807) is 32.0 Å². The Kier molecular flexibility index (Phi) is 5.01. The average Bonchev–Trinajstić information content (AvgIpc) is 2.46. The lowest BCUT2D eigenvalue weighted by Gasteiger charge is -2.30. The summed E-state index contributed by atoms with van der Waals surface area (Å²) >= 11 is 0. The Morgan fingerprint density at radius 1 is 1.18 bits per heavy atom. The Balaban J connectivity index is 2.38. The van der Waals surface area contributed by atoms with E-state index >= 15 is 0 Å². The zero-order chi connectivity index (χ0) is 16.4. The summed E-state index contributed by atoms with van der Waals surface area (Å²) in [4.78, 5) is 0. The number of sulfonamides is 2. The molecule has 1 aliphatic rings. The second kappa shape index (κ2) is 6.45. The number of rotatable bonds is 6. The molecule has 0 bridgehead atoms. The van der Waals surface area contributed by atoms with Crippen molar-refractivity contribution < 1.29 is 16.8 Å². The highest BCUT2D eigenvalue weighted by Gasteiger charge is 2.26. The van der Waals surface area contributed by atoms with Crippen LogP contribution in [-0.2, 0) is 26.5 Å². The first-order valence-electron chi connectivity index (χ1n) is 7.43. The zero-order valence-corrected chi connectivity index (χ0v) is 14.5. The van der Waals surface area contributed by atoms with Gasteiger partial charge in [-0.05, 0) is 43.9 Å². The van der Waals surface area contributed by atoms with Crippen LogP contribution < -0.4 is 9.03 Å². The van der Waals surface area contributed by atoms with Crippen molar-refractivity contribution in [3.8, 4) is 0 Å². The quantitative estimate of drug-likeness (QED) is 0.853. The maximum Gasteiger partial charge on any atom is 0.234 e. The van der Waals surface area contributed by atoms with Crippen LogP contribution >= 0.6 is 0 Å². The first-order valence-corrected chi connectivity index (χ1v) is 10.7. The van der Waals surface area contributed by atoms with Gasteiger partial charge < -0.3 is 0 Å². The summed E-state index contributed by atoms with van der Waals surface area (Å²) in [6.45, 7) is 3.84. The molecule has 1 heterocycles. The predicted molar refractivity (Wildman–Crippen MR) is 89.3 cm³/mol. The summed E-state index contributed by atoms with van der Waals surface area (Å²) in [5.41, 5.74) is 1.93. The van der Waals surface area contributed by atoms with E-state index in [9.17, 15) is 16.8 Å². The number of nitrogens with one attached hydrogen (secondary N) is 1. The molecule has 0 spiro atoms. The maximum atomic E-state index is 12.2. The van der Waals surface area contributed by atoms with Gasteiger partial charge in [0.2, 0.25) is 20.0 Å². The molecule has 0 aliphatic carbocycles. The van der Waals surface area contributed by atoms with Crippen LogP contribution in [0.1, 0.15) is 32.3 Å². The molecule has 0 amide bonds. The number of hydrogen-bond donors (Lipinski definition) is 1. The van der Waals surface area contributed by atoms with E-state index in [0.717, 1.165) is 18.4 Å². The van der Waals surface area contributed by atoms with Crippen molar-refractivity contribution in [2.45, 2.75) is 33.1 Å².